The lowest BCUT2D eigenvalue weighted by Gasteiger charge is -2.18. The van der Waals surface area contributed by atoms with Crippen LogP contribution in [0.5, 0.6) is 0 Å². The molecule has 0 aliphatic heterocycles. The fourth-order valence-corrected chi connectivity index (χ4v) is 3.68. The Bertz CT molecular complexity index is 451. The molecule has 31 heavy (non-hydrogen) atoms. The van der Waals surface area contributed by atoms with Crippen molar-refractivity contribution in [2.75, 3.05) is 24.6 Å². The van der Waals surface area contributed by atoms with E-state index in [1.54, 1.807) is 13.8 Å². The molecule has 184 valence electrons. The number of hydrogen-bond acceptors (Lipinski definition) is 7. The summed E-state index contributed by atoms with van der Waals surface area (Å²) in [4.78, 5) is 33.2. The smallest absolute Gasteiger partial charge is 0.147 e. The average molecular weight is 477 g/mol. The number of Topliss-reactive ketones (excluding diaryl/α,β-unsaturated/α-hetero) is 2. The summed E-state index contributed by atoms with van der Waals surface area (Å²) in [6.45, 7) is 9.00. The number of thiol groups is 2. The van der Waals surface area contributed by atoms with Crippen molar-refractivity contribution >= 4 is 43.1 Å². The summed E-state index contributed by atoms with van der Waals surface area (Å²) in [5, 5.41) is 6.20. The van der Waals surface area contributed by atoms with Crippen molar-refractivity contribution in [3.8, 4) is 0 Å². The molecule has 7 heteroatoms. The molecule has 5 nitrogen and oxygen atoms in total. The van der Waals surface area contributed by atoms with Crippen LogP contribution in [0.2, 0.25) is 0 Å². The number of nitrogens with one attached hydrogen (secondary N) is 2. The summed E-state index contributed by atoms with van der Waals surface area (Å²) in [6, 6.07) is -0.294. The summed E-state index contributed by atoms with van der Waals surface area (Å²) < 4.78 is 0. The van der Waals surface area contributed by atoms with E-state index in [0.29, 0.717) is 18.1 Å². The van der Waals surface area contributed by atoms with Gasteiger partial charge in [0.05, 0.1) is 12.1 Å². The van der Waals surface area contributed by atoms with E-state index >= 15 is 0 Å². The normalized spacial score (nSPS) is 13.6. The summed E-state index contributed by atoms with van der Waals surface area (Å²) in [7, 11) is 0. The van der Waals surface area contributed by atoms with Crippen LogP contribution in [0.15, 0.2) is 0 Å². The Morgan fingerprint density at radius 2 is 1.39 bits per heavy atom. The van der Waals surface area contributed by atoms with E-state index in [1.165, 1.54) is 44.9 Å². The maximum absolute atomic E-state index is 11.7. The topological polar surface area (TPSA) is 75.3 Å². The molecule has 0 amide bonds. The molecule has 0 aromatic rings. The average Bonchev–Trinajstić information content (AvgIpc) is 2.75. The van der Waals surface area contributed by atoms with Crippen molar-refractivity contribution in [1.82, 2.24) is 10.6 Å². The Morgan fingerprint density at radius 1 is 0.806 bits per heavy atom. The first-order chi connectivity index (χ1) is 14.9. The largest absolute Gasteiger partial charge is 0.307 e. The highest BCUT2D eigenvalue weighted by molar-refractivity contribution is 7.80. The third-order valence-electron chi connectivity index (χ3n) is 5.28. The standard InChI is InChI=1S/C18H35NO2S.C6H13NOS/c1-4-5-6-7-8-9-10-11-12-17(15(2)20)13-19-18(14-22)16(3)21;1-2-3-7-6(4-8)5-9/h17-19,22H,4-14H2,1-3H3;4,6-7,9H,2-3,5H2,1H3/t17?,18-;6-/m01/s1. The SMILES string of the molecule is CCCCCCCCCCC(CN[C@@H](CS)C(C)=O)C(C)=O.CCCN[C@H](C=O)CS. The summed E-state index contributed by atoms with van der Waals surface area (Å²) in [5.74, 6) is 1.41. The fraction of sp³-hybridized carbons (Fsp3) is 0.875. The fourth-order valence-electron chi connectivity index (χ4n) is 3.08. The van der Waals surface area contributed by atoms with Gasteiger partial charge in [-0.1, -0.05) is 65.2 Å². The van der Waals surface area contributed by atoms with E-state index in [-0.39, 0.29) is 29.6 Å². The zero-order valence-corrected chi connectivity index (χ0v) is 22.1. The number of carbonyl (C=O) groups excluding carboxylic acids is 3. The van der Waals surface area contributed by atoms with Crippen molar-refractivity contribution < 1.29 is 14.4 Å². The van der Waals surface area contributed by atoms with Crippen molar-refractivity contribution in [3.05, 3.63) is 0 Å². The van der Waals surface area contributed by atoms with Crippen LogP contribution in [0.25, 0.3) is 0 Å². The molecule has 1 unspecified atom stereocenters. The lowest BCUT2D eigenvalue weighted by Crippen LogP contribution is -2.41. The Kier molecular flexibility index (Phi) is 25.7. The van der Waals surface area contributed by atoms with Crippen LogP contribution in [0, 0.1) is 5.92 Å². The molecule has 0 aromatic heterocycles. The van der Waals surface area contributed by atoms with Crippen LogP contribution in [0.3, 0.4) is 0 Å². The first kappa shape index (κ1) is 32.8. The maximum Gasteiger partial charge on any atom is 0.147 e. The van der Waals surface area contributed by atoms with Crippen LogP contribution in [-0.2, 0) is 14.4 Å². The Hall–Kier alpha value is -0.370. The van der Waals surface area contributed by atoms with Crippen LogP contribution < -0.4 is 10.6 Å². The Labute approximate surface area is 202 Å². The van der Waals surface area contributed by atoms with Gasteiger partial charge in [-0.3, -0.25) is 9.59 Å². The van der Waals surface area contributed by atoms with Gasteiger partial charge in [0.1, 0.15) is 17.9 Å². The Balaban J connectivity index is 0. The lowest BCUT2D eigenvalue weighted by molar-refractivity contribution is -0.122. The quantitative estimate of drug-likeness (QED) is 0.117. The molecule has 0 saturated carbocycles. The molecular weight excluding hydrogens is 428 g/mol. The molecule has 0 fully saturated rings. The van der Waals surface area contributed by atoms with Crippen molar-refractivity contribution in [2.24, 2.45) is 5.92 Å². The predicted molar refractivity (Wildman–Crippen MR) is 140 cm³/mol. The van der Waals surface area contributed by atoms with Crippen LogP contribution in [0.1, 0.15) is 91.9 Å². The van der Waals surface area contributed by atoms with Crippen LogP contribution in [0.4, 0.5) is 0 Å². The molecular formula is C24H48N2O3S2. The molecule has 0 aliphatic rings. The van der Waals surface area contributed by atoms with Gasteiger partial charge in [0.25, 0.3) is 0 Å². The van der Waals surface area contributed by atoms with Gasteiger partial charge in [-0.25, -0.2) is 0 Å². The zero-order valence-electron chi connectivity index (χ0n) is 20.3. The van der Waals surface area contributed by atoms with E-state index in [4.69, 9.17) is 0 Å². The summed E-state index contributed by atoms with van der Waals surface area (Å²) in [5.41, 5.74) is 0. The number of carbonyl (C=O) groups is 3. The van der Waals surface area contributed by atoms with Crippen molar-refractivity contribution in [3.63, 3.8) is 0 Å². The maximum atomic E-state index is 11.7. The summed E-state index contributed by atoms with van der Waals surface area (Å²) in [6.07, 6.45) is 13.1. The highest BCUT2D eigenvalue weighted by atomic mass is 32.1. The van der Waals surface area contributed by atoms with Gasteiger partial charge < -0.3 is 15.4 Å². The number of rotatable bonds is 20. The molecule has 0 bridgehead atoms. The molecule has 0 radical (unpaired) electrons. The summed E-state index contributed by atoms with van der Waals surface area (Å²) >= 11 is 8.15. The molecule has 0 heterocycles. The van der Waals surface area contributed by atoms with E-state index < -0.39 is 0 Å². The van der Waals surface area contributed by atoms with Gasteiger partial charge in [-0.15, -0.1) is 0 Å². The van der Waals surface area contributed by atoms with Gasteiger partial charge in [0.15, 0.2) is 0 Å². The predicted octanol–water partition coefficient (Wildman–Crippen LogP) is 4.68. The number of unbranched alkanes of at least 4 members (excludes halogenated alkanes) is 7. The van der Waals surface area contributed by atoms with Crippen molar-refractivity contribution in [1.29, 1.82) is 0 Å². The molecule has 3 atom stereocenters. The lowest BCUT2D eigenvalue weighted by atomic mass is 9.96. The van der Waals surface area contributed by atoms with Gasteiger partial charge in [-0.05, 0) is 33.2 Å². The molecule has 0 saturated heterocycles. The second-order valence-corrected chi connectivity index (χ2v) is 8.93. The minimum absolute atomic E-state index is 0.0295. The minimum atomic E-state index is -0.233. The number of aldehydes is 1. The third kappa shape index (κ3) is 21.2. The second kappa shape index (κ2) is 24.3. The van der Waals surface area contributed by atoms with E-state index in [0.717, 1.165) is 32.1 Å². The minimum Gasteiger partial charge on any atom is -0.307 e. The molecule has 2 N–H and O–H groups in total. The van der Waals surface area contributed by atoms with E-state index in [9.17, 15) is 14.4 Å². The van der Waals surface area contributed by atoms with Crippen molar-refractivity contribution in [2.45, 2.75) is 104 Å². The second-order valence-electron chi connectivity index (χ2n) is 8.20. The molecule has 0 rings (SSSR count). The van der Waals surface area contributed by atoms with Crippen LogP contribution >= 0.6 is 25.3 Å². The highest BCUT2D eigenvalue weighted by Gasteiger charge is 2.17. The van der Waals surface area contributed by atoms with E-state index in [2.05, 4.69) is 49.7 Å². The highest BCUT2D eigenvalue weighted by Crippen LogP contribution is 2.14. The first-order valence-electron chi connectivity index (χ1n) is 12.0. The molecule has 0 aliphatic carbocycles. The third-order valence-corrected chi connectivity index (χ3v) is 6.04. The van der Waals surface area contributed by atoms with Gasteiger partial charge in [-0.2, -0.15) is 25.3 Å². The number of hydrogen-bond donors (Lipinski definition) is 4. The van der Waals surface area contributed by atoms with Crippen LogP contribution in [-0.4, -0.2) is 54.5 Å². The molecule has 0 spiro atoms. The first-order valence-corrected chi connectivity index (χ1v) is 13.3. The van der Waals surface area contributed by atoms with E-state index in [1.807, 2.05) is 0 Å². The van der Waals surface area contributed by atoms with Gasteiger partial charge in [0.2, 0.25) is 0 Å². The number of ketones is 2. The monoisotopic (exact) mass is 476 g/mol. The molecule has 0 aromatic carbocycles. The Morgan fingerprint density at radius 3 is 1.81 bits per heavy atom. The van der Waals surface area contributed by atoms with Gasteiger partial charge >= 0.3 is 0 Å². The van der Waals surface area contributed by atoms with Gasteiger partial charge in [0, 0.05) is 24.0 Å². The zero-order chi connectivity index (χ0) is 23.9.